The Hall–Kier alpha value is -3.89. The van der Waals surface area contributed by atoms with Gasteiger partial charge >= 0.3 is 5.97 Å². The first kappa shape index (κ1) is 18.9. The lowest BCUT2D eigenvalue weighted by atomic mass is 10.2. The molecule has 144 valence electrons. The smallest absolute Gasteiger partial charge is 0.338 e. The van der Waals surface area contributed by atoms with E-state index >= 15 is 0 Å². The Morgan fingerprint density at radius 3 is 2.75 bits per heavy atom. The molecule has 3 aromatic rings. The third-order valence-corrected chi connectivity index (χ3v) is 3.84. The molecule has 0 fully saturated rings. The van der Waals surface area contributed by atoms with Crippen LogP contribution in [0.25, 0.3) is 0 Å². The summed E-state index contributed by atoms with van der Waals surface area (Å²) in [5, 5.41) is 18.7. The number of aryl methyl sites for hydroxylation is 1. The summed E-state index contributed by atoms with van der Waals surface area (Å²) in [7, 11) is 0. The highest BCUT2D eigenvalue weighted by Gasteiger charge is 2.11. The van der Waals surface area contributed by atoms with Crippen LogP contribution in [0.4, 0.5) is 11.5 Å². The Morgan fingerprint density at radius 2 is 2.07 bits per heavy atom. The number of nitrogen functional groups attached to an aromatic ring is 1. The predicted molar refractivity (Wildman–Crippen MR) is 97.4 cm³/mol. The van der Waals surface area contributed by atoms with Crippen molar-refractivity contribution in [1.29, 1.82) is 0 Å². The van der Waals surface area contributed by atoms with Gasteiger partial charge in [-0.2, -0.15) is 0 Å². The summed E-state index contributed by atoms with van der Waals surface area (Å²) in [6, 6.07) is 5.21. The van der Waals surface area contributed by atoms with Gasteiger partial charge in [-0.3, -0.25) is 10.1 Å². The van der Waals surface area contributed by atoms with E-state index in [1.54, 1.807) is 24.0 Å². The second kappa shape index (κ2) is 8.20. The fourth-order valence-electron chi connectivity index (χ4n) is 2.39. The lowest BCUT2D eigenvalue weighted by Crippen LogP contribution is -2.08. The molecule has 0 bridgehead atoms. The number of anilines is 1. The first-order valence-electron chi connectivity index (χ1n) is 8.31. The van der Waals surface area contributed by atoms with Gasteiger partial charge in [-0.1, -0.05) is 5.21 Å². The third-order valence-electron chi connectivity index (χ3n) is 3.84. The number of aromatic nitrogens is 5. The molecule has 2 heterocycles. The van der Waals surface area contributed by atoms with Gasteiger partial charge in [0.1, 0.15) is 11.6 Å². The van der Waals surface area contributed by atoms with Crippen LogP contribution in [-0.2, 0) is 17.7 Å². The van der Waals surface area contributed by atoms with Crippen molar-refractivity contribution in [1.82, 2.24) is 25.0 Å². The number of carbonyl (C=O) groups is 1. The molecule has 11 nitrogen and oxygen atoms in total. The highest BCUT2D eigenvalue weighted by Crippen LogP contribution is 2.13. The largest absolute Gasteiger partial charge is 0.462 e. The van der Waals surface area contributed by atoms with Gasteiger partial charge in [-0.15, -0.1) is 5.10 Å². The molecule has 0 aliphatic heterocycles. The van der Waals surface area contributed by atoms with Crippen LogP contribution in [0.2, 0.25) is 0 Å². The van der Waals surface area contributed by atoms with Gasteiger partial charge in [-0.25, -0.2) is 19.4 Å². The second-order valence-electron chi connectivity index (χ2n) is 5.93. The number of hydrogen-bond donors (Lipinski definition) is 1. The van der Waals surface area contributed by atoms with Crippen molar-refractivity contribution in [2.45, 2.75) is 19.9 Å². The molecular weight excluding hydrogens is 366 g/mol. The van der Waals surface area contributed by atoms with Crippen LogP contribution >= 0.6 is 0 Å². The van der Waals surface area contributed by atoms with Gasteiger partial charge in [0.2, 0.25) is 0 Å². The average molecular weight is 383 g/mol. The Balaban J connectivity index is 1.51. The lowest BCUT2D eigenvalue weighted by molar-refractivity contribution is -0.384. The zero-order valence-electron chi connectivity index (χ0n) is 15.0. The monoisotopic (exact) mass is 383 g/mol. The normalized spacial score (nSPS) is 10.6. The van der Waals surface area contributed by atoms with Gasteiger partial charge in [-0.05, 0) is 19.1 Å². The molecular formula is C17H17N7O4. The fourth-order valence-corrected chi connectivity index (χ4v) is 2.39. The number of nitro groups is 1. The molecule has 0 saturated heterocycles. The van der Waals surface area contributed by atoms with Crippen LogP contribution in [0.1, 0.15) is 27.4 Å². The summed E-state index contributed by atoms with van der Waals surface area (Å²) < 4.78 is 6.76. The molecule has 0 amide bonds. The zero-order valence-corrected chi connectivity index (χ0v) is 15.0. The van der Waals surface area contributed by atoms with E-state index in [4.69, 9.17) is 10.5 Å². The van der Waals surface area contributed by atoms with E-state index in [1.165, 1.54) is 24.3 Å². The van der Waals surface area contributed by atoms with Crippen molar-refractivity contribution >= 4 is 17.5 Å². The minimum absolute atomic E-state index is 0.0900. The number of nitrogens with zero attached hydrogens (tertiary/aromatic N) is 6. The SMILES string of the molecule is Cc1ncc(Cn2cc(CCOC(=O)c3ccc([N+](=O)[O-])cc3)nn2)c(N)n1. The van der Waals surface area contributed by atoms with Gasteiger partial charge < -0.3 is 10.5 Å². The zero-order chi connectivity index (χ0) is 20.1. The van der Waals surface area contributed by atoms with Crippen molar-refractivity contribution < 1.29 is 14.5 Å². The molecule has 0 unspecified atom stereocenters. The van der Waals surface area contributed by atoms with Gasteiger partial charge in [0.05, 0.1) is 29.3 Å². The van der Waals surface area contributed by atoms with Crippen molar-refractivity contribution in [3.05, 3.63) is 69.4 Å². The Kier molecular flexibility index (Phi) is 5.53. The molecule has 0 atom stereocenters. The maximum atomic E-state index is 12.0. The van der Waals surface area contributed by atoms with Crippen LogP contribution in [0.5, 0.6) is 0 Å². The highest BCUT2D eigenvalue weighted by molar-refractivity contribution is 5.89. The number of nitrogens with two attached hydrogens (primary N) is 1. The summed E-state index contributed by atoms with van der Waals surface area (Å²) >= 11 is 0. The standard InChI is InChI=1S/C17H17N7O4/c1-11-19-8-13(16(18)20-11)9-23-10-14(21-22-23)6-7-28-17(25)12-2-4-15(5-3-12)24(26)27/h2-5,8,10H,6-7,9H2,1H3,(H2,18,19,20). The van der Waals surface area contributed by atoms with E-state index in [2.05, 4.69) is 20.3 Å². The third kappa shape index (κ3) is 4.63. The average Bonchev–Trinajstić information content (AvgIpc) is 3.11. The summed E-state index contributed by atoms with van der Waals surface area (Å²) in [5.41, 5.74) is 7.38. The predicted octanol–water partition coefficient (Wildman–Crippen LogP) is 1.31. The second-order valence-corrected chi connectivity index (χ2v) is 5.93. The van der Waals surface area contributed by atoms with E-state index in [0.29, 0.717) is 30.3 Å². The van der Waals surface area contributed by atoms with Gasteiger partial charge in [0, 0.05) is 36.5 Å². The molecule has 2 aromatic heterocycles. The number of ether oxygens (including phenoxy) is 1. The first-order valence-corrected chi connectivity index (χ1v) is 8.31. The fraction of sp³-hybridized carbons (Fsp3) is 0.235. The van der Waals surface area contributed by atoms with Crippen LogP contribution in [-0.4, -0.2) is 42.5 Å². The maximum Gasteiger partial charge on any atom is 0.338 e. The first-order chi connectivity index (χ1) is 13.4. The minimum atomic E-state index is -0.563. The van der Waals surface area contributed by atoms with Crippen LogP contribution in [0.3, 0.4) is 0 Å². The Bertz CT molecular complexity index is 1000. The van der Waals surface area contributed by atoms with Gasteiger partial charge in [0.15, 0.2) is 0 Å². The molecule has 2 N–H and O–H groups in total. The minimum Gasteiger partial charge on any atom is -0.462 e. The lowest BCUT2D eigenvalue weighted by Gasteiger charge is -2.04. The van der Waals surface area contributed by atoms with E-state index in [-0.39, 0.29) is 17.9 Å². The summed E-state index contributed by atoms with van der Waals surface area (Å²) in [6.07, 6.45) is 3.74. The van der Waals surface area contributed by atoms with Crippen LogP contribution in [0.15, 0.2) is 36.7 Å². The van der Waals surface area contributed by atoms with Crippen molar-refractivity contribution in [2.24, 2.45) is 0 Å². The molecule has 0 spiro atoms. The maximum absolute atomic E-state index is 12.0. The Morgan fingerprint density at radius 1 is 1.32 bits per heavy atom. The molecule has 1 aromatic carbocycles. The summed E-state index contributed by atoms with van der Waals surface area (Å²) in [5.74, 6) is 0.420. The quantitative estimate of drug-likeness (QED) is 0.361. The molecule has 0 aliphatic rings. The number of nitro benzene ring substituents is 1. The van der Waals surface area contributed by atoms with E-state index < -0.39 is 10.9 Å². The number of rotatable bonds is 7. The number of carbonyl (C=O) groups excluding carboxylic acids is 1. The van der Waals surface area contributed by atoms with E-state index in [0.717, 1.165) is 5.56 Å². The molecule has 0 aliphatic carbocycles. The molecule has 0 radical (unpaired) electrons. The number of benzene rings is 1. The van der Waals surface area contributed by atoms with E-state index in [1.807, 2.05) is 0 Å². The van der Waals surface area contributed by atoms with Crippen molar-refractivity contribution in [3.8, 4) is 0 Å². The number of hydrogen-bond acceptors (Lipinski definition) is 9. The number of non-ortho nitro benzene ring substituents is 1. The molecule has 0 saturated carbocycles. The van der Waals surface area contributed by atoms with E-state index in [9.17, 15) is 14.9 Å². The molecule has 3 rings (SSSR count). The highest BCUT2D eigenvalue weighted by atomic mass is 16.6. The number of esters is 1. The molecule has 28 heavy (non-hydrogen) atoms. The Labute approximate surface area is 159 Å². The van der Waals surface area contributed by atoms with Gasteiger partial charge in [0.25, 0.3) is 5.69 Å². The summed E-state index contributed by atoms with van der Waals surface area (Å²) in [4.78, 5) is 30.3. The van der Waals surface area contributed by atoms with Crippen LogP contribution < -0.4 is 5.73 Å². The van der Waals surface area contributed by atoms with Crippen molar-refractivity contribution in [2.75, 3.05) is 12.3 Å². The van der Waals surface area contributed by atoms with Crippen molar-refractivity contribution in [3.63, 3.8) is 0 Å². The topological polar surface area (TPSA) is 152 Å². The molecule has 11 heteroatoms. The van der Waals surface area contributed by atoms with Crippen LogP contribution in [0, 0.1) is 17.0 Å². The summed E-state index contributed by atoms with van der Waals surface area (Å²) in [6.45, 7) is 2.23.